The molecule has 0 unspecified atom stereocenters. The van der Waals surface area contributed by atoms with Gasteiger partial charge < -0.3 is 20.8 Å². The predicted octanol–water partition coefficient (Wildman–Crippen LogP) is 0.321. The number of carbonyl (C=O) groups is 2. The van der Waals surface area contributed by atoms with E-state index in [2.05, 4.69) is 10.6 Å². The summed E-state index contributed by atoms with van der Waals surface area (Å²) in [5.74, 6) is -0.220. The molecule has 1 aliphatic rings. The first-order chi connectivity index (χ1) is 9.83. The first kappa shape index (κ1) is 17.9. The van der Waals surface area contributed by atoms with Crippen LogP contribution in [0.5, 0.6) is 0 Å². The number of aliphatic hydroxyl groups excluding tert-OH is 2. The van der Waals surface area contributed by atoms with Gasteiger partial charge in [-0.3, -0.25) is 9.59 Å². The molecule has 0 spiro atoms. The van der Waals surface area contributed by atoms with E-state index in [4.69, 9.17) is 0 Å². The van der Waals surface area contributed by atoms with Crippen molar-refractivity contribution in [2.24, 2.45) is 5.41 Å². The molecule has 0 aromatic carbocycles. The van der Waals surface area contributed by atoms with E-state index in [1.165, 1.54) is 0 Å². The molecule has 1 aliphatic carbocycles. The number of hydrogen-bond acceptors (Lipinski definition) is 4. The van der Waals surface area contributed by atoms with Crippen LogP contribution in [-0.2, 0) is 9.59 Å². The average Bonchev–Trinajstić information content (AvgIpc) is 2.82. The predicted molar refractivity (Wildman–Crippen MR) is 79.5 cm³/mol. The van der Waals surface area contributed by atoms with Crippen LogP contribution in [0.2, 0.25) is 0 Å². The second kappa shape index (κ2) is 8.34. The van der Waals surface area contributed by atoms with Gasteiger partial charge in [0.1, 0.15) is 0 Å². The zero-order valence-corrected chi connectivity index (χ0v) is 13.0. The van der Waals surface area contributed by atoms with Crippen LogP contribution in [0.15, 0.2) is 0 Å². The number of nitrogens with one attached hydrogen (secondary N) is 2. The quantitative estimate of drug-likeness (QED) is 0.519. The third-order valence-electron chi connectivity index (χ3n) is 3.92. The standard InChI is InChI=1S/C15H28N2O4/c1-11(18)9-16-13(20)7-15(5-3-4-6-15)8-14(21)17-10-12(2)19/h11-12,18-19H,3-10H2,1-2H3,(H,16,20)(H,17,21)/t11-,12+. The summed E-state index contributed by atoms with van der Waals surface area (Å²) in [5, 5.41) is 23.8. The number of amides is 2. The van der Waals surface area contributed by atoms with E-state index in [-0.39, 0.29) is 30.3 Å². The molecule has 0 aliphatic heterocycles. The summed E-state index contributed by atoms with van der Waals surface area (Å²) in [5.41, 5.74) is -0.272. The molecule has 0 radical (unpaired) electrons. The van der Waals surface area contributed by atoms with Crippen molar-refractivity contribution in [3.8, 4) is 0 Å². The van der Waals surface area contributed by atoms with Gasteiger partial charge in [0.15, 0.2) is 0 Å². The van der Waals surface area contributed by atoms with Crippen LogP contribution in [0, 0.1) is 5.41 Å². The highest BCUT2D eigenvalue weighted by atomic mass is 16.3. The van der Waals surface area contributed by atoms with Crippen LogP contribution in [0.1, 0.15) is 52.4 Å². The Morgan fingerprint density at radius 1 is 0.952 bits per heavy atom. The minimum atomic E-state index is -0.567. The molecule has 2 amide bonds. The Balaban J connectivity index is 2.50. The zero-order valence-electron chi connectivity index (χ0n) is 13.0. The van der Waals surface area contributed by atoms with Gasteiger partial charge in [0.25, 0.3) is 0 Å². The van der Waals surface area contributed by atoms with Gasteiger partial charge in [-0.1, -0.05) is 12.8 Å². The summed E-state index contributed by atoms with van der Waals surface area (Å²) in [6.45, 7) is 3.72. The zero-order chi connectivity index (χ0) is 15.9. The molecule has 0 aromatic rings. The molecule has 122 valence electrons. The third-order valence-corrected chi connectivity index (χ3v) is 3.92. The second-order valence-corrected chi connectivity index (χ2v) is 6.37. The van der Waals surface area contributed by atoms with Crippen LogP contribution in [0.3, 0.4) is 0 Å². The lowest BCUT2D eigenvalue weighted by molar-refractivity contribution is -0.127. The summed E-state index contributed by atoms with van der Waals surface area (Å²) < 4.78 is 0. The van der Waals surface area contributed by atoms with Crippen molar-refractivity contribution < 1.29 is 19.8 Å². The van der Waals surface area contributed by atoms with Gasteiger partial charge in [0.2, 0.25) is 11.8 Å². The smallest absolute Gasteiger partial charge is 0.220 e. The maximum absolute atomic E-state index is 12.0. The van der Waals surface area contributed by atoms with Crippen molar-refractivity contribution >= 4 is 11.8 Å². The minimum absolute atomic E-state index is 0.110. The molecule has 21 heavy (non-hydrogen) atoms. The molecular formula is C15H28N2O4. The van der Waals surface area contributed by atoms with Crippen LogP contribution < -0.4 is 10.6 Å². The lowest BCUT2D eigenvalue weighted by atomic mass is 9.79. The number of hydrogen-bond donors (Lipinski definition) is 4. The fraction of sp³-hybridized carbons (Fsp3) is 0.867. The van der Waals surface area contributed by atoms with Gasteiger partial charge in [0, 0.05) is 25.9 Å². The largest absolute Gasteiger partial charge is 0.392 e. The first-order valence-electron chi connectivity index (χ1n) is 7.72. The highest BCUT2D eigenvalue weighted by Crippen LogP contribution is 2.43. The summed E-state index contributed by atoms with van der Waals surface area (Å²) in [6, 6.07) is 0. The van der Waals surface area contributed by atoms with Crippen molar-refractivity contribution in [1.82, 2.24) is 10.6 Å². The van der Waals surface area contributed by atoms with Crippen molar-refractivity contribution in [1.29, 1.82) is 0 Å². The van der Waals surface area contributed by atoms with Crippen molar-refractivity contribution in [2.75, 3.05) is 13.1 Å². The Hall–Kier alpha value is -1.14. The van der Waals surface area contributed by atoms with E-state index >= 15 is 0 Å². The molecule has 0 saturated heterocycles. The topological polar surface area (TPSA) is 98.7 Å². The summed E-state index contributed by atoms with van der Waals surface area (Å²) in [7, 11) is 0. The molecule has 4 N–H and O–H groups in total. The Kier molecular flexibility index (Phi) is 7.11. The molecule has 2 atom stereocenters. The SMILES string of the molecule is C[C@H](O)CNC(=O)CC1(CC(=O)NC[C@@H](C)O)CCCC1. The van der Waals surface area contributed by atoms with Crippen LogP contribution in [0.4, 0.5) is 0 Å². The van der Waals surface area contributed by atoms with Gasteiger partial charge in [-0.15, -0.1) is 0 Å². The molecule has 0 heterocycles. The van der Waals surface area contributed by atoms with E-state index in [0.717, 1.165) is 25.7 Å². The minimum Gasteiger partial charge on any atom is -0.392 e. The highest BCUT2D eigenvalue weighted by Gasteiger charge is 2.37. The number of carbonyl (C=O) groups excluding carboxylic acids is 2. The van der Waals surface area contributed by atoms with E-state index in [9.17, 15) is 19.8 Å². The lowest BCUT2D eigenvalue weighted by Crippen LogP contribution is -2.38. The Morgan fingerprint density at radius 3 is 1.67 bits per heavy atom. The van der Waals surface area contributed by atoms with E-state index in [1.54, 1.807) is 13.8 Å². The van der Waals surface area contributed by atoms with Crippen LogP contribution in [0.25, 0.3) is 0 Å². The van der Waals surface area contributed by atoms with Gasteiger partial charge in [-0.25, -0.2) is 0 Å². The van der Waals surface area contributed by atoms with E-state index < -0.39 is 12.2 Å². The molecule has 6 heteroatoms. The molecule has 1 saturated carbocycles. The maximum Gasteiger partial charge on any atom is 0.220 e. The van der Waals surface area contributed by atoms with Gasteiger partial charge in [-0.2, -0.15) is 0 Å². The highest BCUT2D eigenvalue weighted by molar-refractivity contribution is 5.80. The van der Waals surface area contributed by atoms with E-state index in [1.807, 2.05) is 0 Å². The molecule has 0 bridgehead atoms. The monoisotopic (exact) mass is 300 g/mol. The molecule has 1 rings (SSSR count). The van der Waals surface area contributed by atoms with Gasteiger partial charge in [0.05, 0.1) is 12.2 Å². The first-order valence-corrected chi connectivity index (χ1v) is 7.72. The molecule has 6 nitrogen and oxygen atoms in total. The van der Waals surface area contributed by atoms with Crippen LogP contribution >= 0.6 is 0 Å². The van der Waals surface area contributed by atoms with Crippen molar-refractivity contribution in [3.63, 3.8) is 0 Å². The summed E-state index contributed by atoms with van der Waals surface area (Å²) >= 11 is 0. The van der Waals surface area contributed by atoms with Crippen molar-refractivity contribution in [3.05, 3.63) is 0 Å². The fourth-order valence-electron chi connectivity index (χ4n) is 2.87. The average molecular weight is 300 g/mol. The van der Waals surface area contributed by atoms with Crippen molar-refractivity contribution in [2.45, 2.75) is 64.6 Å². The molecular weight excluding hydrogens is 272 g/mol. The fourth-order valence-corrected chi connectivity index (χ4v) is 2.87. The normalized spacial score (nSPS) is 19.8. The second-order valence-electron chi connectivity index (χ2n) is 6.37. The maximum atomic E-state index is 12.0. The molecule has 1 fully saturated rings. The number of aliphatic hydroxyl groups is 2. The number of rotatable bonds is 8. The lowest BCUT2D eigenvalue weighted by Gasteiger charge is -2.28. The van der Waals surface area contributed by atoms with Crippen LogP contribution in [-0.4, -0.2) is 47.3 Å². The Labute approximate surface area is 126 Å². The van der Waals surface area contributed by atoms with E-state index in [0.29, 0.717) is 12.8 Å². The Bertz CT molecular complexity index is 322. The molecule has 0 aromatic heterocycles. The van der Waals surface area contributed by atoms with Gasteiger partial charge >= 0.3 is 0 Å². The third kappa shape index (κ3) is 6.91. The summed E-state index contributed by atoms with van der Waals surface area (Å²) in [4.78, 5) is 23.9. The van der Waals surface area contributed by atoms with Gasteiger partial charge in [-0.05, 0) is 32.1 Å². The Morgan fingerprint density at radius 2 is 1.33 bits per heavy atom. The summed E-state index contributed by atoms with van der Waals surface area (Å²) in [6.07, 6.45) is 3.32.